The van der Waals surface area contributed by atoms with Crippen LogP contribution in [0.4, 0.5) is 18.9 Å². The molecule has 34 heavy (non-hydrogen) atoms. The molecular formula is C24H27ClF3N3O3. The average molecular weight is 498 g/mol. The summed E-state index contributed by atoms with van der Waals surface area (Å²) < 4.78 is 42.7. The van der Waals surface area contributed by atoms with Crippen molar-refractivity contribution in [2.75, 3.05) is 4.90 Å². The highest BCUT2D eigenvalue weighted by Gasteiger charge is 2.48. The number of anilines is 1. The number of carbonyl (C=O) groups is 2. The standard InChI is InChI=1S/C24H27ClF3N3O3/c1-15-4-6-18(7-5-15)31(21(33)20(25)26)23(2,16-10-13-30(3)19(32)14-16)22(34)29-17-8-11-24(27,28)12-9-17/h4-7,10,13-14,17,20H,8-9,11-12H2,1-3H3,(H,29,34)/t20-,23+/m0/s1. The lowest BCUT2D eigenvalue weighted by Crippen LogP contribution is -2.60. The number of aromatic nitrogens is 1. The van der Waals surface area contributed by atoms with Crippen LogP contribution in [-0.2, 0) is 22.2 Å². The van der Waals surface area contributed by atoms with Crippen LogP contribution in [0.25, 0.3) is 0 Å². The lowest BCUT2D eigenvalue weighted by atomic mass is 9.86. The van der Waals surface area contributed by atoms with Crippen LogP contribution in [0.5, 0.6) is 0 Å². The molecule has 1 aromatic heterocycles. The van der Waals surface area contributed by atoms with Crippen LogP contribution in [0.3, 0.4) is 0 Å². The number of carbonyl (C=O) groups excluding carboxylic acids is 2. The molecule has 0 spiro atoms. The van der Waals surface area contributed by atoms with Gasteiger partial charge < -0.3 is 9.88 Å². The van der Waals surface area contributed by atoms with Gasteiger partial charge in [-0.3, -0.25) is 19.3 Å². The molecule has 1 aliphatic rings. The summed E-state index contributed by atoms with van der Waals surface area (Å²) in [4.78, 5) is 40.1. The summed E-state index contributed by atoms with van der Waals surface area (Å²) in [6, 6.07) is 8.55. The van der Waals surface area contributed by atoms with E-state index >= 15 is 0 Å². The monoisotopic (exact) mass is 497 g/mol. The number of benzene rings is 1. The molecule has 2 aromatic rings. The van der Waals surface area contributed by atoms with E-state index in [9.17, 15) is 27.6 Å². The predicted molar refractivity (Wildman–Crippen MR) is 124 cm³/mol. The summed E-state index contributed by atoms with van der Waals surface area (Å²) in [5.74, 6) is -4.72. The number of amides is 2. The van der Waals surface area contributed by atoms with Crippen LogP contribution in [0.2, 0.25) is 0 Å². The molecule has 0 bridgehead atoms. The largest absolute Gasteiger partial charge is 0.351 e. The average Bonchev–Trinajstić information content (AvgIpc) is 2.78. The van der Waals surface area contributed by atoms with Crippen LogP contribution >= 0.6 is 11.6 Å². The first-order chi connectivity index (χ1) is 15.8. The molecule has 0 aliphatic heterocycles. The molecule has 0 unspecified atom stereocenters. The molecule has 1 fully saturated rings. The summed E-state index contributed by atoms with van der Waals surface area (Å²) in [6.45, 7) is 3.20. The molecule has 6 nitrogen and oxygen atoms in total. The number of alkyl halides is 4. The van der Waals surface area contributed by atoms with Gasteiger partial charge in [-0.1, -0.05) is 29.3 Å². The van der Waals surface area contributed by atoms with Gasteiger partial charge >= 0.3 is 0 Å². The Hall–Kier alpha value is -2.81. The van der Waals surface area contributed by atoms with Gasteiger partial charge in [0.25, 0.3) is 23.0 Å². The third-order valence-electron chi connectivity index (χ3n) is 6.31. The Kier molecular flexibility index (Phi) is 7.45. The van der Waals surface area contributed by atoms with Crippen molar-refractivity contribution in [3.8, 4) is 0 Å². The zero-order valence-electron chi connectivity index (χ0n) is 19.2. The Bertz CT molecular complexity index is 1110. The minimum atomic E-state index is -2.79. The van der Waals surface area contributed by atoms with Gasteiger partial charge in [0.05, 0.1) is 0 Å². The fourth-order valence-electron chi connectivity index (χ4n) is 4.12. The van der Waals surface area contributed by atoms with Crippen molar-refractivity contribution in [3.05, 3.63) is 64.1 Å². The smallest absolute Gasteiger partial charge is 0.278 e. The van der Waals surface area contributed by atoms with Crippen LogP contribution in [0, 0.1) is 6.92 Å². The number of pyridine rings is 1. The van der Waals surface area contributed by atoms with Gasteiger partial charge in [0, 0.05) is 43.9 Å². The molecule has 0 radical (unpaired) electrons. The minimum absolute atomic E-state index is 0.0467. The molecular weight excluding hydrogens is 471 g/mol. The van der Waals surface area contributed by atoms with Crippen molar-refractivity contribution in [2.45, 2.75) is 62.7 Å². The van der Waals surface area contributed by atoms with Gasteiger partial charge in [-0.2, -0.15) is 0 Å². The van der Waals surface area contributed by atoms with E-state index in [1.165, 1.54) is 36.9 Å². The van der Waals surface area contributed by atoms with Crippen molar-refractivity contribution in [1.82, 2.24) is 9.88 Å². The van der Waals surface area contributed by atoms with Gasteiger partial charge in [0.15, 0.2) is 0 Å². The van der Waals surface area contributed by atoms with E-state index in [1.807, 2.05) is 6.92 Å². The van der Waals surface area contributed by atoms with E-state index in [-0.39, 0.29) is 36.9 Å². The molecule has 184 valence electrons. The van der Waals surface area contributed by atoms with Crippen molar-refractivity contribution in [2.24, 2.45) is 7.05 Å². The van der Waals surface area contributed by atoms with Crippen LogP contribution in [-0.4, -0.2) is 34.0 Å². The van der Waals surface area contributed by atoms with Crippen LogP contribution in [0.1, 0.15) is 43.7 Å². The summed E-state index contributed by atoms with van der Waals surface area (Å²) in [7, 11) is 1.52. The zero-order chi connectivity index (χ0) is 25.3. The summed E-state index contributed by atoms with van der Waals surface area (Å²) in [6.07, 6.45) is 0.761. The van der Waals surface area contributed by atoms with Gasteiger partial charge in [-0.25, -0.2) is 13.2 Å². The number of nitrogens with zero attached hydrogens (tertiary/aromatic N) is 2. The minimum Gasteiger partial charge on any atom is -0.351 e. The highest BCUT2D eigenvalue weighted by molar-refractivity contribution is 6.32. The van der Waals surface area contributed by atoms with Crippen molar-refractivity contribution in [3.63, 3.8) is 0 Å². The number of hydrogen-bond donors (Lipinski definition) is 1. The maximum atomic E-state index is 14.2. The molecule has 0 saturated heterocycles. The molecule has 1 heterocycles. The molecule has 10 heteroatoms. The normalized spacial score (nSPS) is 18.6. The maximum absolute atomic E-state index is 14.2. The number of nitrogens with one attached hydrogen (secondary N) is 1. The number of hydrogen-bond acceptors (Lipinski definition) is 3. The second kappa shape index (κ2) is 9.82. The fourth-order valence-corrected chi connectivity index (χ4v) is 4.22. The summed E-state index contributed by atoms with van der Waals surface area (Å²) in [5, 5.41) is 2.74. The second-order valence-corrected chi connectivity index (χ2v) is 9.23. The number of halogens is 4. The molecule has 1 saturated carbocycles. The molecule has 2 atom stereocenters. The highest BCUT2D eigenvalue weighted by atomic mass is 35.5. The first kappa shape index (κ1) is 25.8. The summed E-state index contributed by atoms with van der Waals surface area (Å²) in [5.41, 5.74) is -3.64. The van der Waals surface area contributed by atoms with Crippen LogP contribution in [0.15, 0.2) is 47.4 Å². The Morgan fingerprint density at radius 1 is 1.21 bits per heavy atom. The van der Waals surface area contributed by atoms with Crippen molar-refractivity contribution in [1.29, 1.82) is 0 Å². The van der Waals surface area contributed by atoms with E-state index < -0.39 is 40.5 Å². The Morgan fingerprint density at radius 2 is 1.79 bits per heavy atom. The Morgan fingerprint density at radius 3 is 2.32 bits per heavy atom. The van der Waals surface area contributed by atoms with Gasteiger partial charge in [0.2, 0.25) is 5.92 Å². The molecule has 2 amide bonds. The first-order valence-corrected chi connectivity index (χ1v) is 11.3. The quantitative estimate of drug-likeness (QED) is 0.609. The first-order valence-electron chi connectivity index (χ1n) is 10.9. The van der Waals surface area contributed by atoms with Crippen molar-refractivity contribution < 1.29 is 22.8 Å². The second-order valence-electron chi connectivity index (χ2n) is 8.85. The van der Waals surface area contributed by atoms with Crippen LogP contribution < -0.4 is 15.8 Å². The molecule has 1 N–H and O–H groups in total. The topological polar surface area (TPSA) is 71.4 Å². The third kappa shape index (κ3) is 5.29. The van der Waals surface area contributed by atoms with Crippen molar-refractivity contribution >= 4 is 29.1 Å². The predicted octanol–water partition coefficient (Wildman–Crippen LogP) is 4.17. The van der Waals surface area contributed by atoms with Gasteiger partial charge in [-0.15, -0.1) is 0 Å². The maximum Gasteiger partial charge on any atom is 0.278 e. The number of aryl methyl sites for hydroxylation is 2. The van der Waals surface area contributed by atoms with E-state index in [0.29, 0.717) is 0 Å². The van der Waals surface area contributed by atoms with E-state index in [1.54, 1.807) is 24.3 Å². The SMILES string of the molecule is Cc1ccc(N(C(=O)[C@H](F)Cl)[C@@](C)(C(=O)NC2CCC(F)(F)CC2)c2ccn(C)c(=O)c2)cc1. The lowest BCUT2D eigenvalue weighted by Gasteiger charge is -2.42. The Labute approximate surface area is 200 Å². The van der Waals surface area contributed by atoms with E-state index in [4.69, 9.17) is 11.6 Å². The lowest BCUT2D eigenvalue weighted by molar-refractivity contribution is -0.132. The number of rotatable bonds is 6. The molecule has 1 aliphatic carbocycles. The van der Waals surface area contributed by atoms with E-state index in [0.717, 1.165) is 10.5 Å². The molecule has 3 rings (SSSR count). The van der Waals surface area contributed by atoms with Gasteiger partial charge in [0.1, 0.15) is 5.54 Å². The highest BCUT2D eigenvalue weighted by Crippen LogP contribution is 2.37. The van der Waals surface area contributed by atoms with E-state index in [2.05, 4.69) is 5.32 Å². The third-order valence-corrected chi connectivity index (χ3v) is 6.49. The Balaban J connectivity index is 2.12. The fraction of sp³-hybridized carbons (Fsp3) is 0.458. The van der Waals surface area contributed by atoms with Gasteiger partial charge in [-0.05, 0) is 50.5 Å². The zero-order valence-corrected chi connectivity index (χ0v) is 19.9. The summed E-state index contributed by atoms with van der Waals surface area (Å²) >= 11 is 5.54. The molecule has 1 aromatic carbocycles.